The number of benzene rings is 1. The minimum Gasteiger partial charge on any atom is -0.396 e. The molecule has 1 amide bonds. The molecule has 6 nitrogen and oxygen atoms in total. The van der Waals surface area contributed by atoms with Crippen molar-refractivity contribution in [1.82, 2.24) is 5.32 Å². The number of nitro groups is 1. The third-order valence-electron chi connectivity index (χ3n) is 1.98. The van der Waals surface area contributed by atoms with E-state index in [9.17, 15) is 14.9 Å². The fourth-order valence-corrected chi connectivity index (χ4v) is 1.67. The van der Waals surface area contributed by atoms with Gasteiger partial charge in [0, 0.05) is 35.3 Å². The molecule has 0 saturated carbocycles. The number of aliphatic hydroxyl groups excluding tert-OH is 1. The summed E-state index contributed by atoms with van der Waals surface area (Å²) in [6.07, 6.45) is 0.446. The van der Waals surface area contributed by atoms with Crippen LogP contribution in [0.5, 0.6) is 0 Å². The molecule has 1 aromatic carbocycles. The second-order valence-electron chi connectivity index (χ2n) is 3.29. The third-order valence-corrected chi connectivity index (χ3v) is 2.43. The van der Waals surface area contributed by atoms with E-state index in [-0.39, 0.29) is 17.9 Å². The summed E-state index contributed by atoms with van der Waals surface area (Å²) < 4.78 is 0.471. The number of nitro benzene ring substituents is 1. The number of aliphatic hydroxyl groups is 1. The Morgan fingerprint density at radius 1 is 1.47 bits per heavy atom. The van der Waals surface area contributed by atoms with E-state index >= 15 is 0 Å². The van der Waals surface area contributed by atoms with Gasteiger partial charge >= 0.3 is 0 Å². The van der Waals surface area contributed by atoms with Crippen LogP contribution in [0, 0.1) is 10.1 Å². The Hall–Kier alpha value is -1.47. The maximum absolute atomic E-state index is 11.6. The molecule has 0 radical (unpaired) electrons. The van der Waals surface area contributed by atoms with Crippen LogP contribution in [0.4, 0.5) is 5.69 Å². The van der Waals surface area contributed by atoms with Crippen molar-refractivity contribution in [2.24, 2.45) is 0 Å². The lowest BCUT2D eigenvalue weighted by molar-refractivity contribution is -0.385. The average Bonchev–Trinajstić information content (AvgIpc) is 2.28. The van der Waals surface area contributed by atoms with Crippen LogP contribution in [-0.2, 0) is 0 Å². The van der Waals surface area contributed by atoms with Gasteiger partial charge in [-0.15, -0.1) is 0 Å². The standard InChI is InChI=1S/C10H11BrN2O4/c11-8-4-7(5-9(6-8)13(16)17)10(15)12-2-1-3-14/h4-6,14H,1-3H2,(H,12,15). The number of carbonyl (C=O) groups is 1. The van der Waals surface area contributed by atoms with E-state index in [1.54, 1.807) is 0 Å². The molecule has 1 aromatic rings. The smallest absolute Gasteiger partial charge is 0.271 e. The SMILES string of the molecule is O=C(NCCCO)c1cc(Br)cc([N+](=O)[O-])c1. The van der Waals surface area contributed by atoms with Gasteiger partial charge in [-0.25, -0.2) is 0 Å². The van der Waals surface area contributed by atoms with E-state index in [2.05, 4.69) is 21.2 Å². The van der Waals surface area contributed by atoms with E-state index in [1.165, 1.54) is 18.2 Å². The largest absolute Gasteiger partial charge is 0.396 e. The van der Waals surface area contributed by atoms with Gasteiger partial charge in [-0.3, -0.25) is 14.9 Å². The zero-order valence-corrected chi connectivity index (χ0v) is 10.4. The summed E-state index contributed by atoms with van der Waals surface area (Å²) in [5.41, 5.74) is 0.0655. The van der Waals surface area contributed by atoms with Crippen LogP contribution < -0.4 is 5.32 Å². The Labute approximate surface area is 106 Å². The van der Waals surface area contributed by atoms with Crippen molar-refractivity contribution >= 4 is 27.5 Å². The maximum Gasteiger partial charge on any atom is 0.271 e. The zero-order valence-electron chi connectivity index (χ0n) is 8.85. The molecular formula is C10H11BrN2O4. The van der Waals surface area contributed by atoms with Crippen LogP contribution in [0.2, 0.25) is 0 Å². The Morgan fingerprint density at radius 2 is 2.18 bits per heavy atom. The molecule has 0 atom stereocenters. The predicted octanol–water partition coefficient (Wildman–Crippen LogP) is 1.47. The van der Waals surface area contributed by atoms with E-state index in [0.717, 1.165) is 0 Å². The number of rotatable bonds is 5. The highest BCUT2D eigenvalue weighted by molar-refractivity contribution is 9.10. The Kier molecular flexibility index (Phi) is 5.05. The first-order chi connectivity index (χ1) is 8.04. The molecule has 1 rings (SSSR count). The van der Waals surface area contributed by atoms with Gasteiger partial charge in [0.2, 0.25) is 0 Å². The molecule has 92 valence electrons. The molecule has 0 heterocycles. The van der Waals surface area contributed by atoms with Crippen LogP contribution >= 0.6 is 15.9 Å². The molecule has 0 aliphatic carbocycles. The predicted molar refractivity (Wildman–Crippen MR) is 64.8 cm³/mol. The second kappa shape index (κ2) is 6.31. The number of amides is 1. The zero-order chi connectivity index (χ0) is 12.8. The quantitative estimate of drug-likeness (QED) is 0.489. The first-order valence-electron chi connectivity index (χ1n) is 4.88. The van der Waals surface area contributed by atoms with Gasteiger partial charge in [-0.05, 0) is 12.5 Å². The lowest BCUT2D eigenvalue weighted by Gasteiger charge is -2.04. The fourth-order valence-electron chi connectivity index (χ4n) is 1.19. The molecule has 0 aliphatic rings. The van der Waals surface area contributed by atoms with E-state index in [4.69, 9.17) is 5.11 Å². The number of halogens is 1. The molecule has 0 fully saturated rings. The Bertz CT molecular complexity index is 436. The molecule has 0 aliphatic heterocycles. The summed E-state index contributed by atoms with van der Waals surface area (Å²) >= 11 is 3.11. The van der Waals surface area contributed by atoms with Crippen molar-refractivity contribution in [3.8, 4) is 0 Å². The topological polar surface area (TPSA) is 92.5 Å². The van der Waals surface area contributed by atoms with E-state index < -0.39 is 10.8 Å². The number of hydrogen-bond acceptors (Lipinski definition) is 4. The van der Waals surface area contributed by atoms with Crippen molar-refractivity contribution in [1.29, 1.82) is 0 Å². The van der Waals surface area contributed by atoms with Crippen LogP contribution in [0.1, 0.15) is 16.8 Å². The average molecular weight is 303 g/mol. The highest BCUT2D eigenvalue weighted by Crippen LogP contribution is 2.21. The maximum atomic E-state index is 11.6. The van der Waals surface area contributed by atoms with Crippen molar-refractivity contribution in [3.63, 3.8) is 0 Å². The highest BCUT2D eigenvalue weighted by Gasteiger charge is 2.13. The summed E-state index contributed by atoms with van der Waals surface area (Å²) in [7, 11) is 0. The van der Waals surface area contributed by atoms with Gasteiger partial charge in [-0.1, -0.05) is 15.9 Å². The Balaban J connectivity index is 2.82. The van der Waals surface area contributed by atoms with Gasteiger partial charge in [0.25, 0.3) is 11.6 Å². The van der Waals surface area contributed by atoms with Gasteiger partial charge in [0.1, 0.15) is 0 Å². The van der Waals surface area contributed by atoms with Gasteiger partial charge in [0.15, 0.2) is 0 Å². The molecule has 7 heteroatoms. The molecule has 17 heavy (non-hydrogen) atoms. The van der Waals surface area contributed by atoms with Gasteiger partial charge < -0.3 is 10.4 Å². The number of non-ortho nitro benzene ring substituents is 1. The van der Waals surface area contributed by atoms with Gasteiger partial charge in [0.05, 0.1) is 4.92 Å². The molecule has 2 N–H and O–H groups in total. The summed E-state index contributed by atoms with van der Waals surface area (Å²) in [5, 5.41) is 21.7. The highest BCUT2D eigenvalue weighted by atomic mass is 79.9. The number of nitrogens with zero attached hydrogens (tertiary/aromatic N) is 1. The first kappa shape index (κ1) is 13.6. The fraction of sp³-hybridized carbons (Fsp3) is 0.300. The van der Waals surface area contributed by atoms with Crippen molar-refractivity contribution in [3.05, 3.63) is 38.3 Å². The van der Waals surface area contributed by atoms with E-state index in [1.807, 2.05) is 0 Å². The molecule has 0 bridgehead atoms. The summed E-state index contributed by atoms with van der Waals surface area (Å²) in [5.74, 6) is -0.400. The molecule has 0 aromatic heterocycles. The number of hydrogen-bond donors (Lipinski definition) is 2. The van der Waals surface area contributed by atoms with Crippen molar-refractivity contribution in [2.45, 2.75) is 6.42 Å². The van der Waals surface area contributed by atoms with Crippen LogP contribution in [0.25, 0.3) is 0 Å². The van der Waals surface area contributed by atoms with Crippen molar-refractivity contribution in [2.75, 3.05) is 13.2 Å². The van der Waals surface area contributed by atoms with Gasteiger partial charge in [-0.2, -0.15) is 0 Å². The lowest BCUT2D eigenvalue weighted by Crippen LogP contribution is -2.25. The molecule has 0 spiro atoms. The second-order valence-corrected chi connectivity index (χ2v) is 4.20. The molecule has 0 saturated heterocycles. The number of carbonyl (C=O) groups excluding carboxylic acids is 1. The normalized spacial score (nSPS) is 10.0. The summed E-state index contributed by atoms with van der Waals surface area (Å²) in [6.45, 7) is 0.314. The minimum atomic E-state index is -0.560. The van der Waals surface area contributed by atoms with Crippen LogP contribution in [0.15, 0.2) is 22.7 Å². The first-order valence-corrected chi connectivity index (χ1v) is 5.68. The summed E-state index contributed by atoms with van der Waals surface area (Å²) in [6, 6.07) is 4.03. The molecule has 0 unspecified atom stereocenters. The third kappa shape index (κ3) is 4.12. The lowest BCUT2D eigenvalue weighted by atomic mass is 10.2. The van der Waals surface area contributed by atoms with Crippen LogP contribution in [0.3, 0.4) is 0 Å². The van der Waals surface area contributed by atoms with E-state index in [0.29, 0.717) is 17.4 Å². The Morgan fingerprint density at radius 3 is 2.76 bits per heavy atom. The molecular weight excluding hydrogens is 292 g/mol. The summed E-state index contributed by atoms with van der Waals surface area (Å²) in [4.78, 5) is 21.7. The van der Waals surface area contributed by atoms with Crippen LogP contribution in [-0.4, -0.2) is 29.1 Å². The minimum absolute atomic E-state index is 0.0150. The van der Waals surface area contributed by atoms with Crippen molar-refractivity contribution < 1.29 is 14.8 Å². The number of nitrogens with one attached hydrogen (secondary N) is 1. The monoisotopic (exact) mass is 302 g/mol.